The van der Waals surface area contributed by atoms with Gasteiger partial charge in [0, 0.05) is 70.7 Å². The van der Waals surface area contributed by atoms with Gasteiger partial charge in [0.05, 0.1) is 0 Å². The Kier molecular flexibility index (Phi) is 28.5. The molecule has 0 amide bonds. The largest absolute Gasteiger partial charge is 0.535 e. The van der Waals surface area contributed by atoms with Gasteiger partial charge in [-0.05, 0) is 0 Å². The predicted octanol–water partition coefficient (Wildman–Crippen LogP) is -0.0510. The van der Waals surface area contributed by atoms with Crippen LogP contribution in [0.4, 0.5) is 0 Å². The number of nitrogens with zero attached hydrogens (tertiary/aromatic N) is 1. The second kappa shape index (κ2) is 12.7. The van der Waals surface area contributed by atoms with E-state index in [1.165, 1.54) is 6.07 Å². The van der Waals surface area contributed by atoms with Crippen molar-refractivity contribution in [2.45, 2.75) is 0 Å². The third kappa shape index (κ3) is 11.8. The fourth-order valence-electron chi connectivity index (χ4n) is 0.0478. The van der Waals surface area contributed by atoms with E-state index in [0.717, 1.165) is 0 Å². The Bertz CT molecular complexity index is 156. The molecule has 10 heavy (non-hydrogen) atoms. The first kappa shape index (κ1) is 22.5. The van der Waals surface area contributed by atoms with E-state index in [0.29, 0.717) is 0 Å². The first-order chi connectivity index (χ1) is 3.18. The molecule has 0 aromatic heterocycles. The molecule has 6 heteroatoms. The van der Waals surface area contributed by atoms with Gasteiger partial charge in [0.15, 0.2) is 0 Å². The number of carboxylic acids is 1. The molecule has 3 nitrogen and oxygen atoms in total. The number of rotatable bonds is 1. The summed E-state index contributed by atoms with van der Waals surface area (Å²) in [6.07, 6.45) is 0. The minimum atomic E-state index is -1.37. The van der Waals surface area contributed by atoms with Crippen LogP contribution in [0.15, 0.2) is 5.57 Å². The second-order valence-electron chi connectivity index (χ2n) is 0.831. The quantitative estimate of drug-likeness (QED) is 0.274. The van der Waals surface area contributed by atoms with E-state index in [2.05, 4.69) is 6.58 Å². The van der Waals surface area contributed by atoms with Gasteiger partial charge < -0.3 is 9.90 Å². The molecular formula is C4H2NO2UVW-. The minimum absolute atomic E-state index is 0. The van der Waals surface area contributed by atoms with E-state index < -0.39 is 11.5 Å². The zero-order valence-electron chi connectivity index (χ0n) is 4.74. The molecule has 0 aromatic rings. The van der Waals surface area contributed by atoms with Crippen molar-refractivity contribution in [3.05, 3.63) is 12.2 Å². The Morgan fingerprint density at radius 2 is 1.90 bits per heavy atom. The predicted molar refractivity (Wildman–Crippen MR) is 21.1 cm³/mol. The number of hydrogen-bond acceptors (Lipinski definition) is 2. The molecule has 0 spiro atoms. The van der Waals surface area contributed by atoms with Gasteiger partial charge in [0.1, 0.15) is 0 Å². The summed E-state index contributed by atoms with van der Waals surface area (Å²) in [6.45, 7) is 4.57. The van der Waals surface area contributed by atoms with E-state index >= 15 is 0 Å². The Hall–Kier alpha value is 1.02. The van der Waals surface area contributed by atoms with Crippen molar-refractivity contribution in [1.29, 1.82) is 5.26 Å². The maximum Gasteiger partial charge on any atom is 0.225 e. The van der Waals surface area contributed by atoms with Crippen LogP contribution >= 0.6 is 0 Å². The molecule has 0 rings (SSSR count). The summed E-state index contributed by atoms with van der Waals surface area (Å²) < 4.78 is 0. The van der Waals surface area contributed by atoms with Crippen molar-refractivity contribution in [3.63, 3.8) is 0 Å². The average molecular weight is 569 g/mol. The van der Waals surface area contributed by atoms with Gasteiger partial charge in [0.25, 0.3) is 0 Å². The number of carbonyl (C=O) groups is 1. The molecule has 0 saturated heterocycles. The van der Waals surface area contributed by atoms with Crippen molar-refractivity contribution in [2.75, 3.05) is 0 Å². The molecule has 0 aliphatic carbocycles. The third-order valence-corrected chi connectivity index (χ3v) is 0.351. The average Bonchev–Trinajstić information content (AvgIpc) is 1.65. The van der Waals surface area contributed by atoms with Gasteiger partial charge in [-0.1, -0.05) is 11.6 Å². The first-order valence-corrected chi connectivity index (χ1v) is 1.44. The topological polar surface area (TPSA) is 61.1 Å². The molecule has 0 atom stereocenters. The summed E-state index contributed by atoms with van der Waals surface area (Å²) in [5.41, 5.74) is -0.681. The Labute approximate surface area is 109 Å². The summed E-state index contributed by atoms with van der Waals surface area (Å²) in [6, 6.07) is 1.26. The molecule has 51 valence electrons. The zero-order valence-corrected chi connectivity index (χ0v) is 13.2. The Morgan fingerprint density at radius 1 is 1.60 bits per heavy atom. The van der Waals surface area contributed by atoms with E-state index in [4.69, 9.17) is 10.4 Å². The van der Waals surface area contributed by atoms with Gasteiger partial charge in [-0.25, -0.2) is 6.58 Å². The number of carboxylic acid groups (broad SMARTS) is 1. The molecule has 0 aliphatic rings. The Balaban J connectivity index is -0.0000000600. The van der Waals surface area contributed by atoms with Crippen LogP contribution in [-0.4, -0.2) is 11.1 Å². The van der Waals surface area contributed by atoms with Crippen LogP contribution in [0.25, 0.3) is 0 Å². The number of nitriles is 1. The molecule has 0 bridgehead atoms. The summed E-state index contributed by atoms with van der Waals surface area (Å²) in [4.78, 5) is 9.55. The van der Waals surface area contributed by atoms with Crippen molar-refractivity contribution in [1.82, 2.24) is 0 Å². The summed E-state index contributed by atoms with van der Waals surface area (Å²) in [7, 11) is 0. The Morgan fingerprint density at radius 3 is 1.90 bits per heavy atom. The monoisotopic (exact) mass is 569 g/mol. The van der Waals surface area contributed by atoms with Crippen LogP contribution in [0.1, 0.15) is 0 Å². The van der Waals surface area contributed by atoms with Gasteiger partial charge in [-0.15, -0.1) is 0 Å². The van der Waals surface area contributed by atoms with Crippen molar-refractivity contribution < 1.29 is 80.6 Å². The fourth-order valence-corrected chi connectivity index (χ4v) is 0.0478. The van der Waals surface area contributed by atoms with Crippen LogP contribution in [0.2, 0.25) is 0 Å². The molecule has 0 unspecified atom stereocenters. The second-order valence-corrected chi connectivity index (χ2v) is 0.831. The molecule has 0 fully saturated rings. The van der Waals surface area contributed by atoms with Crippen LogP contribution in [0.3, 0.4) is 0 Å². The fraction of sp³-hybridized carbons (Fsp3) is 0. The van der Waals surface area contributed by atoms with E-state index in [-0.39, 0.29) is 70.7 Å². The van der Waals surface area contributed by atoms with Crippen LogP contribution in [0, 0.1) is 49.0 Å². The van der Waals surface area contributed by atoms with Crippen LogP contribution in [0.5, 0.6) is 0 Å². The maximum atomic E-state index is 9.55. The normalized spacial score (nSPS) is 4.70. The minimum Gasteiger partial charge on any atom is -0.535 e. The summed E-state index contributed by atoms with van der Waals surface area (Å²) >= 11 is 0. The zero-order chi connectivity index (χ0) is 5.86. The third-order valence-electron chi connectivity index (χ3n) is 0.351. The van der Waals surface area contributed by atoms with Crippen molar-refractivity contribution in [2.24, 2.45) is 0 Å². The van der Waals surface area contributed by atoms with Crippen LogP contribution in [-0.2, 0) is 44.4 Å². The molecule has 1 radical (unpaired) electrons. The van der Waals surface area contributed by atoms with Gasteiger partial charge in [-0.3, -0.25) is 5.26 Å². The number of aliphatic carboxylic acids is 1. The molecule has 1 N–H and O–H groups in total. The molecule has 0 heterocycles. The SMILES string of the molecule is [CH-]=C(C#N)C(=O)O.[U].[V].[W]. The van der Waals surface area contributed by atoms with Gasteiger partial charge in [0.2, 0.25) is 5.97 Å². The van der Waals surface area contributed by atoms with Crippen molar-refractivity contribution in [3.8, 4) is 6.07 Å². The standard InChI is InChI=1S/C4H2NO2.U.V.W/c1-3(2-5)4(6)7;;;/h1H,(H,6,7);;;/q-1;;;. The summed E-state index contributed by atoms with van der Waals surface area (Å²) in [5, 5.41) is 15.5. The number of hydrogen-bond donors (Lipinski definition) is 1. The molecule has 0 aliphatic heterocycles. The molecular weight excluding hydrogens is 567 g/mol. The van der Waals surface area contributed by atoms with E-state index in [9.17, 15) is 4.79 Å². The van der Waals surface area contributed by atoms with Gasteiger partial charge in [-0.2, -0.15) is 0 Å². The molecule has 0 aromatic carbocycles. The van der Waals surface area contributed by atoms with Crippen molar-refractivity contribution >= 4 is 5.97 Å². The van der Waals surface area contributed by atoms with Gasteiger partial charge >= 0.3 is 0 Å². The smallest absolute Gasteiger partial charge is 0.225 e. The molecule has 0 saturated carbocycles. The van der Waals surface area contributed by atoms with E-state index in [1.807, 2.05) is 0 Å². The first-order valence-electron chi connectivity index (χ1n) is 1.44. The summed E-state index contributed by atoms with van der Waals surface area (Å²) in [5.74, 6) is -1.37. The van der Waals surface area contributed by atoms with E-state index in [1.54, 1.807) is 0 Å². The van der Waals surface area contributed by atoms with Crippen LogP contribution < -0.4 is 0 Å². The maximum absolute atomic E-state index is 9.55.